The van der Waals surface area contributed by atoms with Crippen molar-refractivity contribution in [3.05, 3.63) is 28.0 Å². The molecule has 0 bridgehead atoms. The first-order valence-electron chi connectivity index (χ1n) is 7.00. The van der Waals surface area contributed by atoms with E-state index in [-0.39, 0.29) is 9.99 Å². The SMILES string of the molecule is CC(C)(C)C(=O)Cn1c(C(F)(F)F)nc2c(Br)cc(C(F)(F)F)cc21. The second kappa shape index (κ2) is 6.00. The van der Waals surface area contributed by atoms with E-state index in [0.29, 0.717) is 16.7 Å². The molecule has 1 aromatic carbocycles. The third-order valence-electron chi connectivity index (χ3n) is 3.53. The van der Waals surface area contributed by atoms with Crippen molar-refractivity contribution in [2.24, 2.45) is 5.41 Å². The Bertz CT molecular complexity index is 830. The van der Waals surface area contributed by atoms with E-state index in [1.807, 2.05) is 0 Å². The predicted molar refractivity (Wildman–Crippen MR) is 81.9 cm³/mol. The van der Waals surface area contributed by atoms with E-state index in [1.54, 1.807) is 0 Å². The molecule has 0 atom stereocenters. The topological polar surface area (TPSA) is 34.9 Å². The molecule has 0 aliphatic rings. The summed E-state index contributed by atoms with van der Waals surface area (Å²) in [6.07, 6.45) is -9.67. The summed E-state index contributed by atoms with van der Waals surface area (Å²) in [6.45, 7) is 3.80. The Morgan fingerprint density at radius 1 is 1.08 bits per heavy atom. The maximum Gasteiger partial charge on any atom is 0.449 e. The van der Waals surface area contributed by atoms with Gasteiger partial charge in [0.2, 0.25) is 5.82 Å². The molecule has 0 aliphatic carbocycles. The van der Waals surface area contributed by atoms with Crippen LogP contribution in [0.15, 0.2) is 16.6 Å². The van der Waals surface area contributed by atoms with Crippen LogP contribution in [0.2, 0.25) is 0 Å². The van der Waals surface area contributed by atoms with Gasteiger partial charge in [0.05, 0.1) is 17.6 Å². The molecule has 1 aromatic heterocycles. The normalized spacial score (nSPS) is 13.5. The Balaban J connectivity index is 2.78. The summed E-state index contributed by atoms with van der Waals surface area (Å²) in [5, 5.41) is 0. The van der Waals surface area contributed by atoms with Crippen LogP contribution < -0.4 is 0 Å². The number of hydrogen-bond donors (Lipinski definition) is 0. The van der Waals surface area contributed by atoms with Crippen molar-refractivity contribution >= 4 is 32.7 Å². The van der Waals surface area contributed by atoms with E-state index < -0.39 is 47.0 Å². The van der Waals surface area contributed by atoms with E-state index >= 15 is 0 Å². The molecule has 138 valence electrons. The lowest BCUT2D eigenvalue weighted by Crippen LogP contribution is -2.27. The Morgan fingerprint density at radius 3 is 2.08 bits per heavy atom. The lowest BCUT2D eigenvalue weighted by Gasteiger charge is -2.19. The average molecular weight is 431 g/mol. The van der Waals surface area contributed by atoms with Crippen LogP contribution >= 0.6 is 15.9 Å². The van der Waals surface area contributed by atoms with Gasteiger partial charge in [0.25, 0.3) is 0 Å². The number of benzene rings is 1. The molecule has 2 rings (SSSR count). The number of aromatic nitrogens is 2. The van der Waals surface area contributed by atoms with Crippen LogP contribution in [0.1, 0.15) is 32.2 Å². The zero-order valence-corrected chi connectivity index (χ0v) is 14.9. The number of rotatable bonds is 2. The summed E-state index contributed by atoms with van der Waals surface area (Å²) in [5.41, 5.74) is -2.79. The van der Waals surface area contributed by atoms with Crippen molar-refractivity contribution < 1.29 is 31.1 Å². The van der Waals surface area contributed by atoms with Crippen LogP contribution in [0, 0.1) is 5.41 Å². The van der Waals surface area contributed by atoms with E-state index in [9.17, 15) is 31.1 Å². The minimum absolute atomic E-state index is 0.232. The van der Waals surface area contributed by atoms with Gasteiger partial charge >= 0.3 is 12.4 Å². The van der Waals surface area contributed by atoms with Crippen molar-refractivity contribution in [3.8, 4) is 0 Å². The summed E-state index contributed by atoms with van der Waals surface area (Å²) in [4.78, 5) is 15.6. The smallest absolute Gasteiger partial charge is 0.313 e. The summed E-state index contributed by atoms with van der Waals surface area (Å²) in [6, 6.07) is 1.23. The molecule has 0 radical (unpaired) electrons. The number of ketones is 1. The number of halogens is 7. The fraction of sp³-hybridized carbons (Fsp3) is 0.467. The molecule has 0 aliphatic heterocycles. The first-order valence-corrected chi connectivity index (χ1v) is 7.79. The molecule has 0 saturated heterocycles. The van der Waals surface area contributed by atoms with Crippen LogP contribution in [0.4, 0.5) is 26.3 Å². The monoisotopic (exact) mass is 430 g/mol. The fourth-order valence-electron chi connectivity index (χ4n) is 2.10. The van der Waals surface area contributed by atoms with Crippen molar-refractivity contribution in [1.82, 2.24) is 9.55 Å². The highest BCUT2D eigenvalue weighted by molar-refractivity contribution is 9.10. The fourth-order valence-corrected chi connectivity index (χ4v) is 2.64. The third kappa shape index (κ3) is 3.99. The number of Topliss-reactive ketones (excluding diaryl/α,β-unsaturated/α-hetero) is 1. The lowest BCUT2D eigenvalue weighted by atomic mass is 9.91. The lowest BCUT2D eigenvalue weighted by molar-refractivity contribution is -0.147. The van der Waals surface area contributed by atoms with Crippen LogP contribution in [0.5, 0.6) is 0 Å². The van der Waals surface area contributed by atoms with Crippen LogP contribution in [-0.4, -0.2) is 15.3 Å². The predicted octanol–water partition coefficient (Wildman–Crippen LogP) is 5.45. The van der Waals surface area contributed by atoms with Crippen molar-refractivity contribution in [3.63, 3.8) is 0 Å². The van der Waals surface area contributed by atoms with Crippen molar-refractivity contribution in [2.75, 3.05) is 0 Å². The molecule has 0 unspecified atom stereocenters. The Morgan fingerprint density at radius 2 is 1.64 bits per heavy atom. The van der Waals surface area contributed by atoms with Gasteiger partial charge in [-0.3, -0.25) is 4.79 Å². The minimum atomic E-state index is -4.92. The molecule has 10 heteroatoms. The van der Waals surface area contributed by atoms with Crippen molar-refractivity contribution in [1.29, 1.82) is 0 Å². The molecular formula is C15H13BrF6N2O. The molecule has 0 fully saturated rings. The second-order valence-corrected chi connectivity index (χ2v) is 7.37. The number of fused-ring (bicyclic) bond motifs is 1. The van der Waals surface area contributed by atoms with Gasteiger partial charge < -0.3 is 4.57 Å². The zero-order chi connectivity index (χ0) is 19.4. The summed E-state index contributed by atoms with van der Waals surface area (Å²) in [7, 11) is 0. The highest BCUT2D eigenvalue weighted by atomic mass is 79.9. The molecule has 0 N–H and O–H groups in total. The van der Waals surface area contributed by atoms with Crippen LogP contribution in [0.3, 0.4) is 0 Å². The Hall–Kier alpha value is -1.58. The molecule has 1 heterocycles. The van der Waals surface area contributed by atoms with Gasteiger partial charge in [0, 0.05) is 9.89 Å². The third-order valence-corrected chi connectivity index (χ3v) is 4.13. The largest absolute Gasteiger partial charge is 0.449 e. The van der Waals surface area contributed by atoms with Gasteiger partial charge in [-0.25, -0.2) is 4.98 Å². The summed E-state index contributed by atoms with van der Waals surface area (Å²) >= 11 is 2.83. The highest BCUT2D eigenvalue weighted by Crippen LogP contribution is 2.38. The first-order chi connectivity index (χ1) is 11.1. The van der Waals surface area contributed by atoms with Gasteiger partial charge in [-0.1, -0.05) is 20.8 Å². The number of carbonyl (C=O) groups excluding carboxylic acids is 1. The summed E-state index contributed by atoms with van der Waals surface area (Å²) < 4.78 is 79.0. The van der Waals surface area contributed by atoms with Crippen LogP contribution in [0.25, 0.3) is 11.0 Å². The highest BCUT2D eigenvalue weighted by Gasteiger charge is 2.40. The van der Waals surface area contributed by atoms with Crippen molar-refractivity contribution in [2.45, 2.75) is 39.7 Å². The number of hydrogen-bond acceptors (Lipinski definition) is 2. The van der Waals surface area contributed by atoms with E-state index in [2.05, 4.69) is 20.9 Å². The zero-order valence-electron chi connectivity index (χ0n) is 13.3. The number of imidazole rings is 1. The standard InChI is InChI=1S/C15H13BrF6N2O/c1-13(2,3)10(25)6-24-9-5-7(14(17,18)19)4-8(16)11(9)23-12(24)15(20,21)22/h4-5H,6H2,1-3H3. The molecule has 25 heavy (non-hydrogen) atoms. The minimum Gasteiger partial charge on any atom is -0.313 e. The Labute approximate surface area is 147 Å². The number of carbonyl (C=O) groups is 1. The Kier molecular flexibility index (Phi) is 4.73. The van der Waals surface area contributed by atoms with Gasteiger partial charge in [0.15, 0.2) is 5.78 Å². The molecule has 0 spiro atoms. The first kappa shape index (κ1) is 19.7. The maximum atomic E-state index is 13.3. The molecule has 3 nitrogen and oxygen atoms in total. The van der Waals surface area contributed by atoms with Gasteiger partial charge in [0.1, 0.15) is 5.52 Å². The van der Waals surface area contributed by atoms with Gasteiger partial charge in [-0.15, -0.1) is 0 Å². The van der Waals surface area contributed by atoms with E-state index in [0.717, 1.165) is 0 Å². The maximum absolute atomic E-state index is 13.3. The van der Waals surface area contributed by atoms with E-state index in [4.69, 9.17) is 0 Å². The average Bonchev–Trinajstić information content (AvgIpc) is 2.76. The van der Waals surface area contributed by atoms with Gasteiger partial charge in [-0.2, -0.15) is 26.3 Å². The van der Waals surface area contributed by atoms with Gasteiger partial charge in [-0.05, 0) is 28.1 Å². The summed E-state index contributed by atoms with van der Waals surface area (Å²) in [5.74, 6) is -1.98. The molecule has 0 saturated carbocycles. The van der Waals surface area contributed by atoms with E-state index in [1.165, 1.54) is 20.8 Å². The molecule has 0 amide bonds. The second-order valence-electron chi connectivity index (χ2n) is 6.52. The quantitative estimate of drug-likeness (QED) is 0.593. The van der Waals surface area contributed by atoms with Crippen LogP contribution in [-0.2, 0) is 23.7 Å². The number of nitrogens with zero attached hydrogens (tertiary/aromatic N) is 2. The number of alkyl halides is 6. The molecule has 2 aromatic rings. The molecular weight excluding hydrogens is 418 g/mol.